The molecule has 0 aromatic heterocycles. The minimum atomic E-state index is 0.246. The van der Waals surface area contributed by atoms with Crippen molar-refractivity contribution in [2.75, 3.05) is 13.1 Å². The lowest BCUT2D eigenvalue weighted by atomic mass is 10.1. The summed E-state index contributed by atoms with van der Waals surface area (Å²) in [5.41, 5.74) is 0. The highest BCUT2D eigenvalue weighted by Gasteiger charge is 2.28. The molecule has 11 heavy (non-hydrogen) atoms. The van der Waals surface area contributed by atoms with Crippen molar-refractivity contribution in [3.05, 3.63) is 0 Å². The molecule has 1 heterocycles. The Balaban J connectivity index is 1.77. The fourth-order valence-electron chi connectivity index (χ4n) is 1.43. The number of hydrogen-bond acceptors (Lipinski definition) is 2. The van der Waals surface area contributed by atoms with Gasteiger partial charge in [0.25, 0.3) is 0 Å². The Hall–Kier alpha value is -0.570. The van der Waals surface area contributed by atoms with Gasteiger partial charge in [0.2, 0.25) is 5.91 Å². The summed E-state index contributed by atoms with van der Waals surface area (Å²) >= 11 is 0. The van der Waals surface area contributed by atoms with Gasteiger partial charge in [-0.25, -0.2) is 0 Å². The van der Waals surface area contributed by atoms with Gasteiger partial charge in [0.1, 0.15) is 0 Å². The first-order valence-electron chi connectivity index (χ1n) is 4.37. The van der Waals surface area contributed by atoms with Gasteiger partial charge in [0, 0.05) is 12.6 Å². The van der Waals surface area contributed by atoms with Crippen molar-refractivity contribution in [3.8, 4) is 0 Å². The van der Waals surface area contributed by atoms with Gasteiger partial charge < -0.3 is 10.6 Å². The molecule has 0 aromatic carbocycles. The number of carbonyl (C=O) groups excluding carboxylic acids is 1. The normalized spacial score (nSPS) is 30.4. The van der Waals surface area contributed by atoms with Crippen molar-refractivity contribution in [2.45, 2.75) is 25.3 Å². The summed E-state index contributed by atoms with van der Waals surface area (Å²) in [6.45, 7) is 1.88. The van der Waals surface area contributed by atoms with Crippen molar-refractivity contribution in [1.29, 1.82) is 0 Å². The predicted molar refractivity (Wildman–Crippen MR) is 42.1 cm³/mol. The lowest BCUT2D eigenvalue weighted by Gasteiger charge is -2.07. The molecule has 2 rings (SSSR count). The van der Waals surface area contributed by atoms with Gasteiger partial charge in [0.15, 0.2) is 0 Å². The highest BCUT2D eigenvalue weighted by molar-refractivity contribution is 5.79. The Morgan fingerprint density at radius 2 is 2.18 bits per heavy atom. The summed E-state index contributed by atoms with van der Waals surface area (Å²) in [4.78, 5) is 11.3. The fraction of sp³-hybridized carbons (Fsp3) is 0.875. The van der Waals surface area contributed by atoms with Gasteiger partial charge in [-0.05, 0) is 25.8 Å². The van der Waals surface area contributed by atoms with E-state index in [1.807, 2.05) is 0 Å². The minimum Gasteiger partial charge on any atom is -0.353 e. The van der Waals surface area contributed by atoms with E-state index < -0.39 is 0 Å². The molecule has 1 amide bonds. The molecule has 0 unspecified atom stereocenters. The summed E-state index contributed by atoms with van der Waals surface area (Å²) < 4.78 is 0. The summed E-state index contributed by atoms with van der Waals surface area (Å²) in [6.07, 6.45) is 3.39. The molecule has 3 heteroatoms. The first-order valence-corrected chi connectivity index (χ1v) is 4.37. The smallest absolute Gasteiger partial charge is 0.224 e. The maximum absolute atomic E-state index is 11.3. The van der Waals surface area contributed by atoms with Crippen molar-refractivity contribution in [2.24, 2.45) is 5.92 Å². The molecule has 62 valence electrons. The molecule has 1 aliphatic carbocycles. The third kappa shape index (κ3) is 1.71. The highest BCUT2D eigenvalue weighted by atomic mass is 16.2. The summed E-state index contributed by atoms with van der Waals surface area (Å²) in [7, 11) is 0. The quantitative estimate of drug-likeness (QED) is 0.582. The van der Waals surface area contributed by atoms with Crippen LogP contribution in [0.2, 0.25) is 0 Å². The van der Waals surface area contributed by atoms with Crippen LogP contribution in [0, 0.1) is 5.92 Å². The molecule has 0 spiro atoms. The van der Waals surface area contributed by atoms with E-state index >= 15 is 0 Å². The lowest BCUT2D eigenvalue weighted by molar-refractivity contribution is -0.124. The molecular weight excluding hydrogens is 140 g/mol. The Kier molecular flexibility index (Phi) is 1.82. The Bertz CT molecular complexity index is 159. The molecule has 0 aromatic rings. The molecule has 2 aliphatic rings. The SMILES string of the molecule is O=C(NC1CC1)[C@H]1CCNC1. The minimum absolute atomic E-state index is 0.246. The van der Waals surface area contributed by atoms with Crippen LogP contribution in [0.25, 0.3) is 0 Å². The van der Waals surface area contributed by atoms with Gasteiger partial charge in [0.05, 0.1) is 5.92 Å². The molecule has 0 radical (unpaired) electrons. The largest absolute Gasteiger partial charge is 0.353 e. The number of carbonyl (C=O) groups is 1. The van der Waals surface area contributed by atoms with E-state index in [1.165, 1.54) is 12.8 Å². The average molecular weight is 154 g/mol. The highest BCUT2D eigenvalue weighted by Crippen LogP contribution is 2.20. The molecule has 1 saturated carbocycles. The van der Waals surface area contributed by atoms with Crippen LogP contribution in [0.15, 0.2) is 0 Å². The van der Waals surface area contributed by atoms with Crippen LogP contribution in [-0.4, -0.2) is 25.0 Å². The predicted octanol–water partition coefficient (Wildman–Crippen LogP) is -0.126. The van der Waals surface area contributed by atoms with Gasteiger partial charge in [-0.2, -0.15) is 0 Å². The van der Waals surface area contributed by atoms with E-state index in [-0.39, 0.29) is 11.8 Å². The number of amides is 1. The zero-order valence-corrected chi connectivity index (χ0v) is 6.60. The molecule has 0 bridgehead atoms. The standard InChI is InChI=1S/C8H14N2O/c11-8(10-7-1-2-7)6-3-4-9-5-6/h6-7,9H,1-5H2,(H,10,11)/t6-/m0/s1. The Morgan fingerprint density at radius 1 is 1.36 bits per heavy atom. The van der Waals surface area contributed by atoms with Crippen LogP contribution < -0.4 is 10.6 Å². The van der Waals surface area contributed by atoms with E-state index in [0.29, 0.717) is 6.04 Å². The zero-order valence-electron chi connectivity index (χ0n) is 6.60. The Morgan fingerprint density at radius 3 is 2.73 bits per heavy atom. The van der Waals surface area contributed by atoms with Crippen LogP contribution >= 0.6 is 0 Å². The van der Waals surface area contributed by atoms with Crippen molar-refractivity contribution in [3.63, 3.8) is 0 Å². The third-order valence-electron chi connectivity index (χ3n) is 2.35. The second-order valence-electron chi connectivity index (χ2n) is 3.47. The van der Waals surface area contributed by atoms with E-state index in [9.17, 15) is 4.79 Å². The summed E-state index contributed by atoms with van der Waals surface area (Å²) in [6, 6.07) is 0.517. The first kappa shape index (κ1) is 7.10. The van der Waals surface area contributed by atoms with Crippen LogP contribution in [0.5, 0.6) is 0 Å². The van der Waals surface area contributed by atoms with Gasteiger partial charge in [-0.15, -0.1) is 0 Å². The number of rotatable bonds is 2. The molecule has 3 nitrogen and oxygen atoms in total. The second-order valence-corrected chi connectivity index (χ2v) is 3.47. The van der Waals surface area contributed by atoms with Crippen molar-refractivity contribution >= 4 is 5.91 Å². The maximum atomic E-state index is 11.3. The van der Waals surface area contributed by atoms with Gasteiger partial charge in [-0.1, -0.05) is 0 Å². The van der Waals surface area contributed by atoms with Crippen LogP contribution in [0.4, 0.5) is 0 Å². The van der Waals surface area contributed by atoms with Crippen LogP contribution in [0.1, 0.15) is 19.3 Å². The van der Waals surface area contributed by atoms with Crippen molar-refractivity contribution < 1.29 is 4.79 Å². The zero-order chi connectivity index (χ0) is 7.68. The van der Waals surface area contributed by atoms with E-state index in [4.69, 9.17) is 0 Å². The molecule has 2 fully saturated rings. The third-order valence-corrected chi connectivity index (χ3v) is 2.35. The van der Waals surface area contributed by atoms with Crippen molar-refractivity contribution in [1.82, 2.24) is 10.6 Å². The molecule has 1 aliphatic heterocycles. The first-order chi connectivity index (χ1) is 5.36. The average Bonchev–Trinajstić information content (AvgIpc) is 2.67. The molecule has 1 atom stereocenters. The monoisotopic (exact) mass is 154 g/mol. The maximum Gasteiger partial charge on any atom is 0.224 e. The van der Waals surface area contributed by atoms with E-state index in [0.717, 1.165) is 19.5 Å². The van der Waals surface area contributed by atoms with E-state index in [1.54, 1.807) is 0 Å². The fourth-order valence-corrected chi connectivity index (χ4v) is 1.43. The van der Waals surface area contributed by atoms with Gasteiger partial charge >= 0.3 is 0 Å². The topological polar surface area (TPSA) is 41.1 Å². The number of hydrogen-bond donors (Lipinski definition) is 2. The lowest BCUT2D eigenvalue weighted by Crippen LogP contribution is -2.33. The van der Waals surface area contributed by atoms with Crippen LogP contribution in [0.3, 0.4) is 0 Å². The molecular formula is C8H14N2O. The summed E-state index contributed by atoms with van der Waals surface area (Å²) in [5.74, 6) is 0.508. The molecule has 1 saturated heterocycles. The molecule has 2 N–H and O–H groups in total. The van der Waals surface area contributed by atoms with E-state index in [2.05, 4.69) is 10.6 Å². The van der Waals surface area contributed by atoms with Gasteiger partial charge in [-0.3, -0.25) is 4.79 Å². The second kappa shape index (κ2) is 2.81. The summed E-state index contributed by atoms with van der Waals surface area (Å²) in [5, 5.41) is 6.20. The van der Waals surface area contributed by atoms with Crippen LogP contribution in [-0.2, 0) is 4.79 Å². The Labute approximate surface area is 66.5 Å². The number of nitrogens with one attached hydrogen (secondary N) is 2.